The third-order valence-electron chi connectivity index (χ3n) is 9.67. The van der Waals surface area contributed by atoms with Crippen LogP contribution in [0.15, 0.2) is 12.3 Å². The van der Waals surface area contributed by atoms with E-state index in [0.717, 1.165) is 44.9 Å². The minimum Gasteiger partial charge on any atom is -0.511 e. The maximum Gasteiger partial charge on any atom is 0.320 e. The van der Waals surface area contributed by atoms with Crippen molar-refractivity contribution in [2.45, 2.75) is 147 Å². The van der Waals surface area contributed by atoms with Gasteiger partial charge in [-0.05, 0) is 38.5 Å². The molecule has 0 aliphatic carbocycles. The van der Waals surface area contributed by atoms with Gasteiger partial charge in [0.25, 0.3) is 0 Å². The van der Waals surface area contributed by atoms with E-state index in [1.54, 1.807) is 0 Å². The highest BCUT2D eigenvalue weighted by atomic mass is 32.1. The number of rotatable bonds is 46. The normalized spacial score (nSPS) is 12.0. The standard InChI is InChI=1S/C43H79N5O13S/c1-35(49)36(48-39(51)19-14-12-10-8-6-4-2-3-5-7-9-11-13-15-20-42(54)55)21-22-38(50)45-24-26-58-28-31-61-33-41(53)46-25-27-59-29-30-60-32-40(52)44-23-17-16-18-37(43(56)57)47-34-62/h36-37,47,49,62H,1-34H2,(H,44,52)(H,45,50)(H,46,53)(H,48,51)(H,54,55)(H,56,57). The minimum absolute atomic E-state index is 0.0899. The number of hydrogen-bond donors (Lipinski definition) is 9. The molecule has 0 bridgehead atoms. The quantitative estimate of drug-likeness (QED) is 0.0180. The van der Waals surface area contributed by atoms with Crippen molar-refractivity contribution < 1.29 is 63.0 Å². The molecule has 0 rings (SSSR count). The van der Waals surface area contributed by atoms with Gasteiger partial charge >= 0.3 is 11.9 Å². The predicted octanol–water partition coefficient (Wildman–Crippen LogP) is 4.16. The smallest absolute Gasteiger partial charge is 0.320 e. The lowest BCUT2D eigenvalue weighted by atomic mass is 10.0. The number of aliphatic hydroxyl groups excluding tert-OH is 1. The summed E-state index contributed by atoms with van der Waals surface area (Å²) >= 11 is 3.98. The highest BCUT2D eigenvalue weighted by Gasteiger charge is 2.17. The Morgan fingerprint density at radius 1 is 0.468 bits per heavy atom. The zero-order valence-electron chi connectivity index (χ0n) is 37.1. The van der Waals surface area contributed by atoms with Gasteiger partial charge in [0.1, 0.15) is 25.0 Å². The van der Waals surface area contributed by atoms with Crippen molar-refractivity contribution in [3.8, 4) is 0 Å². The van der Waals surface area contributed by atoms with Crippen molar-refractivity contribution in [2.75, 3.05) is 78.4 Å². The van der Waals surface area contributed by atoms with Crippen LogP contribution in [0, 0.1) is 0 Å². The molecule has 4 amide bonds. The van der Waals surface area contributed by atoms with Crippen LogP contribution in [0.2, 0.25) is 0 Å². The van der Waals surface area contributed by atoms with Crippen molar-refractivity contribution in [2.24, 2.45) is 0 Å². The van der Waals surface area contributed by atoms with Gasteiger partial charge in [-0.25, -0.2) is 0 Å². The molecule has 0 fully saturated rings. The lowest BCUT2D eigenvalue weighted by Crippen LogP contribution is -2.37. The number of nitrogens with one attached hydrogen (secondary N) is 5. The summed E-state index contributed by atoms with van der Waals surface area (Å²) in [6.45, 7) is 5.60. The Morgan fingerprint density at radius 3 is 1.39 bits per heavy atom. The maximum absolute atomic E-state index is 12.4. The first kappa shape index (κ1) is 58.5. The molecular formula is C43H79N5O13S. The van der Waals surface area contributed by atoms with E-state index in [0.29, 0.717) is 32.2 Å². The summed E-state index contributed by atoms with van der Waals surface area (Å²) < 4.78 is 21.4. The maximum atomic E-state index is 12.4. The molecule has 0 radical (unpaired) electrons. The van der Waals surface area contributed by atoms with E-state index in [-0.39, 0.29) is 120 Å². The summed E-state index contributed by atoms with van der Waals surface area (Å²) in [6, 6.07) is -1.35. The molecule has 0 saturated carbocycles. The zero-order valence-corrected chi connectivity index (χ0v) is 38.0. The number of carboxylic acids is 2. The topological polar surface area (TPSA) is 260 Å². The third-order valence-corrected chi connectivity index (χ3v) is 9.85. The molecule has 0 spiro atoms. The molecule has 0 saturated heterocycles. The molecule has 2 unspecified atom stereocenters. The molecule has 360 valence electrons. The van der Waals surface area contributed by atoms with E-state index >= 15 is 0 Å². The second-order valence-electron chi connectivity index (χ2n) is 15.1. The molecule has 0 aliphatic heterocycles. The fourth-order valence-corrected chi connectivity index (χ4v) is 6.38. The van der Waals surface area contributed by atoms with Crippen molar-refractivity contribution in [1.29, 1.82) is 0 Å². The average Bonchev–Trinajstić information content (AvgIpc) is 3.23. The lowest BCUT2D eigenvalue weighted by molar-refractivity contribution is -0.140. The Hall–Kier alpha value is -3.49. The molecule has 8 N–H and O–H groups in total. The number of ether oxygens (including phenoxy) is 4. The van der Waals surface area contributed by atoms with Gasteiger partial charge in [0.15, 0.2) is 0 Å². The fourth-order valence-electron chi connectivity index (χ4n) is 6.16. The molecule has 0 heterocycles. The number of carboxylic acid groups (broad SMARTS) is 2. The molecule has 0 aromatic carbocycles. The number of hydrogen-bond acceptors (Lipinski definition) is 13. The minimum atomic E-state index is -0.925. The monoisotopic (exact) mass is 906 g/mol. The van der Waals surface area contributed by atoms with Gasteiger partial charge in [0, 0.05) is 44.8 Å². The zero-order chi connectivity index (χ0) is 45.9. The number of aliphatic carboxylic acids is 2. The summed E-state index contributed by atoms with van der Waals surface area (Å²) in [5.74, 6) is -2.55. The van der Waals surface area contributed by atoms with Crippen LogP contribution in [0.4, 0.5) is 0 Å². The molecular weight excluding hydrogens is 827 g/mol. The van der Waals surface area contributed by atoms with Crippen molar-refractivity contribution in [3.05, 3.63) is 12.3 Å². The van der Waals surface area contributed by atoms with E-state index in [2.05, 4.69) is 45.8 Å². The number of amides is 4. The Labute approximate surface area is 374 Å². The van der Waals surface area contributed by atoms with E-state index in [4.69, 9.17) is 29.2 Å². The second kappa shape index (κ2) is 42.8. The van der Waals surface area contributed by atoms with Crippen LogP contribution in [-0.2, 0) is 47.7 Å². The van der Waals surface area contributed by atoms with E-state index < -0.39 is 24.0 Å². The van der Waals surface area contributed by atoms with E-state index in [1.165, 1.54) is 44.9 Å². The van der Waals surface area contributed by atoms with Crippen molar-refractivity contribution in [1.82, 2.24) is 26.6 Å². The SMILES string of the molecule is C=C(O)C(CCC(=O)NCCOCCOCC(=O)NCCOCCOCC(=O)NCCCCC(NCS)C(=O)O)NC(=O)CCCCCCCCCCCCCCCCC(=O)O. The molecule has 18 nitrogen and oxygen atoms in total. The van der Waals surface area contributed by atoms with Gasteiger partial charge in [0.05, 0.1) is 45.7 Å². The number of carbonyl (C=O) groups is 6. The molecule has 0 aliphatic rings. The van der Waals surface area contributed by atoms with Crippen molar-refractivity contribution >= 4 is 48.2 Å². The van der Waals surface area contributed by atoms with Gasteiger partial charge in [-0.15, -0.1) is 0 Å². The fraction of sp³-hybridized carbons (Fsp3) is 0.814. The molecule has 62 heavy (non-hydrogen) atoms. The van der Waals surface area contributed by atoms with Gasteiger partial charge in [-0.1, -0.05) is 83.6 Å². The summed E-state index contributed by atoms with van der Waals surface area (Å²) in [4.78, 5) is 70.1. The average molecular weight is 906 g/mol. The lowest BCUT2D eigenvalue weighted by Gasteiger charge is -2.17. The first-order valence-corrected chi connectivity index (χ1v) is 23.2. The Balaban J connectivity index is 3.66. The second-order valence-corrected chi connectivity index (χ2v) is 15.4. The first-order chi connectivity index (χ1) is 30.0. The Kier molecular flexibility index (Phi) is 40.4. The van der Waals surface area contributed by atoms with Crippen LogP contribution in [0.3, 0.4) is 0 Å². The van der Waals surface area contributed by atoms with Crippen LogP contribution in [0.1, 0.15) is 135 Å². The van der Waals surface area contributed by atoms with Crippen LogP contribution in [-0.4, -0.2) is 141 Å². The highest BCUT2D eigenvalue weighted by molar-refractivity contribution is 7.80. The van der Waals surface area contributed by atoms with Gasteiger partial charge in [0.2, 0.25) is 23.6 Å². The highest BCUT2D eigenvalue weighted by Crippen LogP contribution is 2.14. The van der Waals surface area contributed by atoms with Crippen LogP contribution < -0.4 is 26.6 Å². The Bertz CT molecular complexity index is 1220. The summed E-state index contributed by atoms with van der Waals surface area (Å²) in [5, 5.41) is 41.4. The summed E-state index contributed by atoms with van der Waals surface area (Å²) in [6.07, 6.45) is 18.1. The van der Waals surface area contributed by atoms with Crippen LogP contribution in [0.25, 0.3) is 0 Å². The molecule has 19 heteroatoms. The van der Waals surface area contributed by atoms with Crippen LogP contribution >= 0.6 is 12.6 Å². The largest absolute Gasteiger partial charge is 0.511 e. The summed E-state index contributed by atoms with van der Waals surface area (Å²) in [5.41, 5.74) is 0. The number of aliphatic hydroxyl groups is 1. The number of thiol groups is 1. The number of carbonyl (C=O) groups excluding carboxylic acids is 4. The van der Waals surface area contributed by atoms with Gasteiger partial charge in [-0.2, -0.15) is 12.6 Å². The van der Waals surface area contributed by atoms with Crippen molar-refractivity contribution in [3.63, 3.8) is 0 Å². The van der Waals surface area contributed by atoms with E-state index in [9.17, 15) is 33.9 Å². The number of unbranched alkanes of at least 4 members (excludes halogenated alkanes) is 14. The van der Waals surface area contributed by atoms with E-state index in [1.807, 2.05) is 0 Å². The molecule has 0 aromatic heterocycles. The summed E-state index contributed by atoms with van der Waals surface area (Å²) in [7, 11) is 0. The molecule has 2 atom stereocenters. The third kappa shape index (κ3) is 40.6. The molecule has 0 aromatic rings. The Morgan fingerprint density at radius 2 is 0.919 bits per heavy atom. The predicted molar refractivity (Wildman–Crippen MR) is 239 cm³/mol. The first-order valence-electron chi connectivity index (χ1n) is 22.5. The van der Waals surface area contributed by atoms with Gasteiger partial charge < -0.3 is 55.5 Å². The van der Waals surface area contributed by atoms with Crippen LogP contribution in [0.5, 0.6) is 0 Å². The van der Waals surface area contributed by atoms with Gasteiger partial charge in [-0.3, -0.25) is 34.1 Å².